The van der Waals surface area contributed by atoms with Gasteiger partial charge in [-0.25, -0.2) is 9.36 Å². The summed E-state index contributed by atoms with van der Waals surface area (Å²) in [5.41, 5.74) is 4.16. The third-order valence-corrected chi connectivity index (χ3v) is 6.62. The molecular formula is C19H18F2N5O13P. The van der Waals surface area contributed by atoms with Crippen molar-refractivity contribution >= 4 is 25.4 Å². The molecule has 216 valence electrons. The Balaban J connectivity index is 1.49. The van der Waals surface area contributed by atoms with Crippen LogP contribution in [0.2, 0.25) is 0 Å². The maximum atomic E-state index is 14.8. The molecule has 4 rings (SSSR count). The minimum absolute atomic E-state index is 0.202. The largest absolute Gasteiger partial charge is 0.475 e. The standard InChI is InChI=1S/C19H18F2N5O13P/c20-19(21)16(27)12(39-17(19)24-6-5-13(22)23-18(24)28)9-36-40(33,34-7-10-1-3-14(37-10)25(29)30)35-8-11-2-4-15(38-11)26(31)32/h1-6,12,16-17,27H,7-9H2,(H2,22,23,28). The van der Waals surface area contributed by atoms with Gasteiger partial charge in [-0.05, 0) is 18.2 Å². The molecule has 1 aliphatic rings. The summed E-state index contributed by atoms with van der Waals surface area (Å²) in [5.74, 6) is -6.04. The molecule has 3 N–H and O–H groups in total. The smallest absolute Gasteiger partial charge is 0.403 e. The van der Waals surface area contributed by atoms with E-state index in [9.17, 15) is 43.5 Å². The third-order valence-electron chi connectivity index (χ3n) is 5.27. The van der Waals surface area contributed by atoms with Gasteiger partial charge in [0.2, 0.25) is 6.23 Å². The first-order chi connectivity index (χ1) is 18.8. The highest BCUT2D eigenvalue weighted by molar-refractivity contribution is 7.48. The van der Waals surface area contributed by atoms with Crippen molar-refractivity contribution in [3.63, 3.8) is 0 Å². The van der Waals surface area contributed by atoms with Crippen LogP contribution in [0, 0.1) is 20.2 Å². The van der Waals surface area contributed by atoms with E-state index in [0.29, 0.717) is 4.57 Å². The number of furan rings is 2. The molecule has 1 saturated heterocycles. The molecule has 4 heterocycles. The number of nitrogens with two attached hydrogens (primary N) is 1. The molecule has 0 aromatic carbocycles. The summed E-state index contributed by atoms with van der Waals surface area (Å²) < 4.78 is 73.4. The van der Waals surface area contributed by atoms with Crippen LogP contribution in [0.3, 0.4) is 0 Å². The Labute approximate surface area is 219 Å². The van der Waals surface area contributed by atoms with Crippen molar-refractivity contribution in [3.8, 4) is 0 Å². The molecule has 3 aromatic rings. The molecule has 1 fully saturated rings. The second-order valence-electron chi connectivity index (χ2n) is 7.97. The molecule has 0 aliphatic carbocycles. The zero-order valence-corrected chi connectivity index (χ0v) is 20.6. The van der Waals surface area contributed by atoms with E-state index in [1.54, 1.807) is 0 Å². The van der Waals surface area contributed by atoms with Crippen molar-refractivity contribution in [3.05, 3.63) is 78.8 Å². The maximum absolute atomic E-state index is 14.8. The molecule has 3 atom stereocenters. The van der Waals surface area contributed by atoms with Crippen LogP contribution in [0.4, 0.5) is 26.4 Å². The lowest BCUT2D eigenvalue weighted by Gasteiger charge is -2.21. The number of halogens is 2. The average molecular weight is 593 g/mol. The summed E-state index contributed by atoms with van der Waals surface area (Å²) in [6, 6.07) is 5.24. The van der Waals surface area contributed by atoms with Gasteiger partial charge in [-0.2, -0.15) is 13.8 Å². The number of aliphatic hydroxyl groups is 1. The average Bonchev–Trinajstić information content (AvgIpc) is 3.61. The SMILES string of the molecule is Nc1ccn(C2OC(COP(=O)(OCc3ccc([N+](=O)[O-])o3)OCc3ccc([N+](=O)[O-])o3)C(O)C2(F)F)c(=O)n1. The van der Waals surface area contributed by atoms with E-state index in [1.807, 2.05) is 0 Å². The molecule has 3 aromatic heterocycles. The Bertz CT molecular complexity index is 1450. The number of aliphatic hydroxyl groups excluding tert-OH is 1. The Hall–Kier alpha value is -4.07. The second-order valence-corrected chi connectivity index (χ2v) is 9.64. The van der Waals surface area contributed by atoms with Gasteiger partial charge in [0, 0.05) is 6.20 Å². The summed E-state index contributed by atoms with van der Waals surface area (Å²) in [6.45, 7) is -2.51. The molecule has 18 nitrogen and oxygen atoms in total. The van der Waals surface area contributed by atoms with Gasteiger partial charge in [0.1, 0.15) is 46.5 Å². The van der Waals surface area contributed by atoms with Gasteiger partial charge in [-0.1, -0.05) is 0 Å². The lowest BCUT2D eigenvalue weighted by Crippen LogP contribution is -2.42. The van der Waals surface area contributed by atoms with Gasteiger partial charge < -0.3 is 24.4 Å². The quantitative estimate of drug-likeness (QED) is 0.174. The van der Waals surface area contributed by atoms with E-state index in [-0.39, 0.29) is 17.3 Å². The van der Waals surface area contributed by atoms with Gasteiger partial charge >= 0.3 is 31.2 Å². The monoisotopic (exact) mass is 593 g/mol. The molecule has 0 spiro atoms. The molecule has 3 unspecified atom stereocenters. The number of nitro groups is 2. The first kappa shape index (κ1) is 28.9. The predicted molar refractivity (Wildman–Crippen MR) is 122 cm³/mol. The summed E-state index contributed by atoms with van der Waals surface area (Å²) >= 11 is 0. The fourth-order valence-corrected chi connectivity index (χ4v) is 4.48. The molecule has 1 aliphatic heterocycles. The number of rotatable bonds is 12. The number of phosphoric ester groups is 1. The number of aromatic nitrogens is 2. The summed E-state index contributed by atoms with van der Waals surface area (Å²) in [7, 11) is -4.80. The van der Waals surface area contributed by atoms with E-state index >= 15 is 0 Å². The highest BCUT2D eigenvalue weighted by Crippen LogP contribution is 2.52. The van der Waals surface area contributed by atoms with Gasteiger partial charge in [0.05, 0.1) is 18.7 Å². The van der Waals surface area contributed by atoms with Gasteiger partial charge in [-0.15, -0.1) is 0 Å². The first-order valence-corrected chi connectivity index (χ1v) is 12.3. The van der Waals surface area contributed by atoms with Crippen LogP contribution in [0.1, 0.15) is 17.7 Å². The Morgan fingerprint density at radius 2 is 1.60 bits per heavy atom. The van der Waals surface area contributed by atoms with Crippen LogP contribution in [0.5, 0.6) is 0 Å². The molecule has 0 amide bonds. The summed E-state index contributed by atoms with van der Waals surface area (Å²) in [4.78, 5) is 35.3. The van der Waals surface area contributed by atoms with E-state index < -0.39 is 79.3 Å². The number of phosphoric acid groups is 1. The normalized spacial score (nSPS) is 20.5. The van der Waals surface area contributed by atoms with Crippen LogP contribution in [0.25, 0.3) is 0 Å². The highest BCUT2D eigenvalue weighted by Gasteiger charge is 2.60. The first-order valence-electron chi connectivity index (χ1n) is 10.8. The molecule has 0 bridgehead atoms. The highest BCUT2D eigenvalue weighted by atomic mass is 31.2. The molecular weight excluding hydrogens is 575 g/mol. The number of hydrogen-bond donors (Lipinski definition) is 2. The van der Waals surface area contributed by atoms with Crippen molar-refractivity contribution in [2.45, 2.75) is 37.6 Å². The number of nitrogens with zero attached hydrogens (tertiary/aromatic N) is 4. The van der Waals surface area contributed by atoms with Crippen LogP contribution < -0.4 is 11.4 Å². The topological polar surface area (TPSA) is 248 Å². The Kier molecular flexibility index (Phi) is 8.10. The van der Waals surface area contributed by atoms with Crippen molar-refractivity contribution in [1.29, 1.82) is 0 Å². The molecule has 21 heteroatoms. The second kappa shape index (κ2) is 11.2. The number of nitrogen functional groups attached to an aromatic ring is 1. The van der Waals surface area contributed by atoms with Gasteiger partial charge in [-0.3, -0.25) is 38.4 Å². The van der Waals surface area contributed by atoms with E-state index in [1.165, 1.54) is 0 Å². The zero-order valence-electron chi connectivity index (χ0n) is 19.7. The zero-order chi connectivity index (χ0) is 29.2. The lowest BCUT2D eigenvalue weighted by atomic mass is 10.1. The summed E-state index contributed by atoms with van der Waals surface area (Å²) in [6.07, 6.45) is -5.93. The van der Waals surface area contributed by atoms with Gasteiger partial charge in [0.15, 0.2) is 6.10 Å². The van der Waals surface area contributed by atoms with Crippen LogP contribution in [-0.2, 0) is 36.1 Å². The number of hydrogen-bond acceptors (Lipinski definition) is 15. The fraction of sp³-hybridized carbons (Fsp3) is 0.368. The Morgan fingerprint density at radius 1 is 1.05 bits per heavy atom. The minimum Gasteiger partial charge on any atom is -0.403 e. The van der Waals surface area contributed by atoms with Crippen molar-refractivity contribution in [2.75, 3.05) is 12.3 Å². The van der Waals surface area contributed by atoms with Crippen molar-refractivity contribution < 1.29 is 55.4 Å². The van der Waals surface area contributed by atoms with Gasteiger partial charge in [0.25, 0.3) is 0 Å². The minimum atomic E-state index is -4.80. The van der Waals surface area contributed by atoms with Crippen molar-refractivity contribution in [2.24, 2.45) is 0 Å². The Morgan fingerprint density at radius 3 is 2.08 bits per heavy atom. The van der Waals surface area contributed by atoms with E-state index in [2.05, 4.69) is 4.98 Å². The molecule has 40 heavy (non-hydrogen) atoms. The molecule has 0 saturated carbocycles. The predicted octanol–water partition coefficient (Wildman–Crippen LogP) is 2.28. The third kappa shape index (κ3) is 6.22. The van der Waals surface area contributed by atoms with Crippen LogP contribution in [-0.4, -0.2) is 49.2 Å². The van der Waals surface area contributed by atoms with E-state index in [0.717, 1.165) is 36.5 Å². The maximum Gasteiger partial charge on any atom is 0.475 e. The number of ether oxygens (including phenoxy) is 1. The van der Waals surface area contributed by atoms with Crippen LogP contribution in [0.15, 0.2) is 50.2 Å². The molecule has 0 radical (unpaired) electrons. The summed E-state index contributed by atoms with van der Waals surface area (Å²) in [5, 5.41) is 31.8. The van der Waals surface area contributed by atoms with Crippen LogP contribution >= 0.6 is 7.82 Å². The van der Waals surface area contributed by atoms with E-state index in [4.69, 9.17) is 32.9 Å². The van der Waals surface area contributed by atoms with Crippen molar-refractivity contribution in [1.82, 2.24) is 9.55 Å². The number of alkyl halides is 2. The lowest BCUT2D eigenvalue weighted by molar-refractivity contribution is -0.402. The number of anilines is 1. The fourth-order valence-electron chi connectivity index (χ4n) is 3.36.